The number of halogens is 2. The van der Waals surface area contributed by atoms with Crippen LogP contribution in [0.15, 0.2) is 72.9 Å². The molecule has 218 valence electrons. The van der Waals surface area contributed by atoms with Gasteiger partial charge in [-0.2, -0.15) is 5.26 Å². The number of carboxylic acids is 1. The maximum Gasteiger partial charge on any atom is 0.347 e. The van der Waals surface area contributed by atoms with Crippen molar-refractivity contribution in [2.75, 3.05) is 13.2 Å². The Morgan fingerprint density at radius 2 is 1.79 bits per heavy atom. The first-order chi connectivity index (χ1) is 20.2. The van der Waals surface area contributed by atoms with E-state index in [0.717, 1.165) is 24.3 Å². The molecule has 0 aliphatic carbocycles. The van der Waals surface area contributed by atoms with Crippen LogP contribution in [0.4, 0.5) is 4.39 Å². The number of carbonyl (C=O) groups is 2. The number of pyridine rings is 1. The molecule has 1 aromatic heterocycles. The predicted molar refractivity (Wildman–Crippen MR) is 153 cm³/mol. The van der Waals surface area contributed by atoms with Crippen molar-refractivity contribution in [2.45, 2.75) is 32.8 Å². The van der Waals surface area contributed by atoms with Gasteiger partial charge in [0.1, 0.15) is 22.8 Å². The van der Waals surface area contributed by atoms with Gasteiger partial charge in [0.2, 0.25) is 0 Å². The highest BCUT2D eigenvalue weighted by molar-refractivity contribution is 6.35. The third-order valence-electron chi connectivity index (χ3n) is 5.53. The molecular weight excluding hydrogens is 567 g/mol. The van der Waals surface area contributed by atoms with E-state index in [4.69, 9.17) is 40.9 Å². The molecule has 1 heterocycles. The summed E-state index contributed by atoms with van der Waals surface area (Å²) < 4.78 is 35.0. The Bertz CT molecular complexity index is 1560. The zero-order valence-corrected chi connectivity index (χ0v) is 23.6. The van der Waals surface area contributed by atoms with E-state index in [2.05, 4.69) is 4.98 Å². The van der Waals surface area contributed by atoms with E-state index in [1.165, 1.54) is 12.1 Å². The molecule has 11 heteroatoms. The fraction of sp³-hybridized carbons (Fsp3) is 0.226. The summed E-state index contributed by atoms with van der Waals surface area (Å²) in [6, 6.07) is 19.1. The third-order valence-corrected chi connectivity index (χ3v) is 5.86. The van der Waals surface area contributed by atoms with Gasteiger partial charge in [-0.05, 0) is 80.1 Å². The molecule has 0 radical (unpaired) electrons. The summed E-state index contributed by atoms with van der Waals surface area (Å²) >= 11 is 5.98. The Labute approximate surface area is 247 Å². The number of carbonyl (C=O) groups excluding carboxylic acids is 1. The number of fused-ring (bicyclic) bond motifs is 1. The topological polar surface area (TPSA) is 128 Å². The standard InChI is InChI=1S/C20H20FNO4.C11H8ClNO3/c1-3-4-11-24-20(23)14(2)25-16-6-8-17(9-7-16)26-19-10-5-15(13-22)12-18(19)21;12-8-3-4-9(16-6-10(14)15)11-7(8)2-1-5-13-11/h5-10,12,14H,3-4,11H2,1-2H3;1-5H,6H2,(H,14,15)/t14-;/m1./s1. The van der Waals surface area contributed by atoms with Crippen LogP contribution in [0.2, 0.25) is 5.02 Å². The molecule has 0 unspecified atom stereocenters. The normalized spacial score (nSPS) is 10.9. The number of esters is 1. The molecule has 3 aromatic carbocycles. The first-order valence-corrected chi connectivity index (χ1v) is 13.3. The number of hydrogen-bond acceptors (Lipinski definition) is 8. The highest BCUT2D eigenvalue weighted by Gasteiger charge is 2.16. The molecule has 0 saturated carbocycles. The number of ether oxygens (including phenoxy) is 4. The van der Waals surface area contributed by atoms with E-state index in [9.17, 15) is 14.0 Å². The van der Waals surface area contributed by atoms with Gasteiger partial charge in [0, 0.05) is 11.6 Å². The van der Waals surface area contributed by atoms with Crippen LogP contribution in [-0.2, 0) is 14.3 Å². The Balaban J connectivity index is 0.000000258. The molecule has 0 bridgehead atoms. The Morgan fingerprint density at radius 1 is 1.07 bits per heavy atom. The summed E-state index contributed by atoms with van der Waals surface area (Å²) in [4.78, 5) is 26.3. The van der Waals surface area contributed by atoms with Crippen LogP contribution in [0.5, 0.6) is 23.0 Å². The summed E-state index contributed by atoms with van der Waals surface area (Å²) in [5.41, 5.74) is 0.787. The maximum atomic E-state index is 13.8. The van der Waals surface area contributed by atoms with Gasteiger partial charge in [0.15, 0.2) is 24.3 Å². The van der Waals surface area contributed by atoms with E-state index in [0.29, 0.717) is 34.4 Å². The molecule has 42 heavy (non-hydrogen) atoms. The molecule has 1 atom stereocenters. The van der Waals surface area contributed by atoms with Crippen LogP contribution in [-0.4, -0.2) is 41.3 Å². The van der Waals surface area contributed by atoms with E-state index >= 15 is 0 Å². The van der Waals surface area contributed by atoms with Gasteiger partial charge in [0.25, 0.3) is 0 Å². The first-order valence-electron chi connectivity index (χ1n) is 12.9. The molecule has 9 nitrogen and oxygen atoms in total. The Morgan fingerprint density at radius 3 is 2.45 bits per heavy atom. The quantitative estimate of drug-likeness (QED) is 0.145. The summed E-state index contributed by atoms with van der Waals surface area (Å²) in [5.74, 6) is -0.755. The summed E-state index contributed by atoms with van der Waals surface area (Å²) in [7, 11) is 0. The number of hydrogen-bond donors (Lipinski definition) is 1. The Hall–Kier alpha value is -4.88. The summed E-state index contributed by atoms with van der Waals surface area (Å²) in [6.07, 6.45) is 2.64. The summed E-state index contributed by atoms with van der Waals surface area (Å²) in [5, 5.41) is 18.6. The lowest BCUT2D eigenvalue weighted by atomic mass is 10.2. The van der Waals surface area contributed by atoms with Gasteiger partial charge in [-0.1, -0.05) is 24.9 Å². The minimum Gasteiger partial charge on any atom is -0.480 e. The van der Waals surface area contributed by atoms with E-state index in [-0.39, 0.29) is 11.3 Å². The lowest BCUT2D eigenvalue weighted by molar-refractivity contribution is -0.151. The van der Waals surface area contributed by atoms with Crippen molar-refractivity contribution in [3.05, 3.63) is 89.3 Å². The van der Waals surface area contributed by atoms with E-state index in [1.807, 2.05) is 13.0 Å². The van der Waals surface area contributed by atoms with Gasteiger partial charge in [-0.25, -0.2) is 14.0 Å². The van der Waals surface area contributed by atoms with Crippen LogP contribution in [0.25, 0.3) is 10.9 Å². The smallest absolute Gasteiger partial charge is 0.347 e. The van der Waals surface area contributed by atoms with E-state index < -0.39 is 30.5 Å². The highest BCUT2D eigenvalue weighted by Crippen LogP contribution is 2.30. The number of rotatable bonds is 11. The minimum atomic E-state index is -1.03. The minimum absolute atomic E-state index is 0.0190. The average Bonchev–Trinajstić information content (AvgIpc) is 2.99. The SMILES string of the molecule is CCCCOC(=O)[C@@H](C)Oc1ccc(Oc2ccc(C#N)cc2F)cc1.O=C(O)COc1ccc(Cl)c2cccnc12. The number of aliphatic carboxylic acids is 1. The van der Waals surface area contributed by atoms with Crippen molar-refractivity contribution in [3.63, 3.8) is 0 Å². The number of aromatic nitrogens is 1. The average molecular weight is 595 g/mol. The van der Waals surface area contributed by atoms with Crippen molar-refractivity contribution in [3.8, 4) is 29.1 Å². The van der Waals surface area contributed by atoms with Crippen LogP contribution in [0, 0.1) is 17.1 Å². The monoisotopic (exact) mass is 594 g/mol. The van der Waals surface area contributed by atoms with Crippen LogP contribution >= 0.6 is 11.6 Å². The van der Waals surface area contributed by atoms with Crippen molar-refractivity contribution in [1.29, 1.82) is 5.26 Å². The van der Waals surface area contributed by atoms with E-state index in [1.54, 1.807) is 61.7 Å². The van der Waals surface area contributed by atoms with Crippen molar-refractivity contribution < 1.29 is 38.0 Å². The van der Waals surface area contributed by atoms with Crippen molar-refractivity contribution >= 4 is 34.4 Å². The fourth-order valence-corrected chi connectivity index (χ4v) is 3.64. The number of carboxylic acid groups (broad SMARTS) is 1. The molecule has 0 fully saturated rings. The van der Waals surface area contributed by atoms with Crippen LogP contribution in [0.1, 0.15) is 32.3 Å². The molecule has 0 saturated heterocycles. The second kappa shape index (κ2) is 15.8. The highest BCUT2D eigenvalue weighted by atomic mass is 35.5. The molecule has 0 aliphatic rings. The van der Waals surface area contributed by atoms with Gasteiger partial charge < -0.3 is 24.1 Å². The largest absolute Gasteiger partial charge is 0.480 e. The zero-order valence-electron chi connectivity index (χ0n) is 22.9. The lowest BCUT2D eigenvalue weighted by Gasteiger charge is -2.14. The fourth-order valence-electron chi connectivity index (χ4n) is 3.42. The molecule has 4 aromatic rings. The number of nitriles is 1. The number of benzene rings is 3. The van der Waals surface area contributed by atoms with Crippen LogP contribution < -0.4 is 14.2 Å². The van der Waals surface area contributed by atoms with Crippen molar-refractivity contribution in [2.24, 2.45) is 0 Å². The number of nitrogens with zero attached hydrogens (tertiary/aromatic N) is 2. The lowest BCUT2D eigenvalue weighted by Crippen LogP contribution is -2.26. The molecule has 0 aliphatic heterocycles. The van der Waals surface area contributed by atoms with Gasteiger partial charge in [-0.15, -0.1) is 0 Å². The molecule has 0 amide bonds. The zero-order chi connectivity index (χ0) is 30.5. The molecular formula is C31H28ClFN2O7. The molecule has 0 spiro atoms. The maximum absolute atomic E-state index is 13.8. The van der Waals surface area contributed by atoms with Gasteiger partial charge in [-0.3, -0.25) is 4.98 Å². The third kappa shape index (κ3) is 9.35. The predicted octanol–water partition coefficient (Wildman–Crippen LogP) is 6.95. The van der Waals surface area contributed by atoms with Gasteiger partial charge in [0.05, 0.1) is 23.3 Å². The second-order valence-corrected chi connectivity index (χ2v) is 9.15. The number of unbranched alkanes of at least 4 members (excludes halogenated alkanes) is 1. The first kappa shape index (κ1) is 31.6. The molecule has 1 N–H and O–H groups in total. The molecule has 4 rings (SSSR count). The van der Waals surface area contributed by atoms with Crippen molar-refractivity contribution in [1.82, 2.24) is 4.98 Å². The van der Waals surface area contributed by atoms with Gasteiger partial charge >= 0.3 is 11.9 Å². The Kier molecular flexibility index (Phi) is 11.9. The second-order valence-electron chi connectivity index (χ2n) is 8.74. The summed E-state index contributed by atoms with van der Waals surface area (Å²) in [6.45, 7) is 3.62. The van der Waals surface area contributed by atoms with Crippen LogP contribution in [0.3, 0.4) is 0 Å².